The van der Waals surface area contributed by atoms with Gasteiger partial charge in [-0.05, 0) is 49.9 Å². The molecule has 0 aliphatic heterocycles. The van der Waals surface area contributed by atoms with Crippen molar-refractivity contribution in [2.75, 3.05) is 6.54 Å². The van der Waals surface area contributed by atoms with Crippen molar-refractivity contribution in [3.63, 3.8) is 0 Å². The minimum Gasteiger partial charge on any atom is -0.356 e. The van der Waals surface area contributed by atoms with Crippen LogP contribution in [0.3, 0.4) is 0 Å². The maximum absolute atomic E-state index is 11.8. The molecule has 0 bridgehead atoms. The van der Waals surface area contributed by atoms with E-state index < -0.39 is 0 Å². The average molecular weight is 254 g/mol. The minimum atomic E-state index is 0.214. The molecule has 1 aliphatic rings. The van der Waals surface area contributed by atoms with Crippen molar-refractivity contribution in [2.24, 2.45) is 17.1 Å². The fourth-order valence-corrected chi connectivity index (χ4v) is 2.36. The molecule has 0 spiro atoms. The van der Waals surface area contributed by atoms with Gasteiger partial charge in [-0.3, -0.25) is 4.79 Å². The molecule has 3 heteroatoms. The van der Waals surface area contributed by atoms with E-state index in [0.29, 0.717) is 12.5 Å². The second-order valence-corrected chi connectivity index (χ2v) is 6.61. The van der Waals surface area contributed by atoms with Crippen molar-refractivity contribution in [3.8, 4) is 0 Å². The molecular weight excluding hydrogens is 224 g/mol. The van der Waals surface area contributed by atoms with Crippen molar-refractivity contribution < 1.29 is 4.79 Å². The first-order chi connectivity index (χ1) is 8.43. The smallest absolute Gasteiger partial charge is 0.220 e. The van der Waals surface area contributed by atoms with E-state index in [1.165, 1.54) is 12.8 Å². The van der Waals surface area contributed by atoms with Crippen molar-refractivity contribution in [2.45, 2.75) is 71.8 Å². The Hall–Kier alpha value is -0.570. The van der Waals surface area contributed by atoms with Gasteiger partial charge in [0.2, 0.25) is 5.91 Å². The van der Waals surface area contributed by atoms with Crippen LogP contribution in [0, 0.1) is 11.3 Å². The lowest BCUT2D eigenvalue weighted by Crippen LogP contribution is -2.34. The average Bonchev–Trinajstić information content (AvgIpc) is 2.36. The van der Waals surface area contributed by atoms with Gasteiger partial charge in [-0.15, -0.1) is 0 Å². The molecule has 1 aliphatic carbocycles. The maximum Gasteiger partial charge on any atom is 0.220 e. The summed E-state index contributed by atoms with van der Waals surface area (Å²) in [4.78, 5) is 11.8. The van der Waals surface area contributed by atoms with Crippen LogP contribution in [0.2, 0.25) is 0 Å². The molecule has 0 aromatic rings. The quantitative estimate of drug-likeness (QED) is 0.766. The number of rotatable bonds is 6. The third-order valence-corrected chi connectivity index (χ3v) is 4.39. The van der Waals surface area contributed by atoms with E-state index >= 15 is 0 Å². The summed E-state index contributed by atoms with van der Waals surface area (Å²) < 4.78 is 0. The molecule has 0 aromatic carbocycles. The van der Waals surface area contributed by atoms with Crippen LogP contribution in [0.5, 0.6) is 0 Å². The number of amides is 1. The lowest BCUT2D eigenvalue weighted by Gasteiger charge is -2.26. The summed E-state index contributed by atoms with van der Waals surface area (Å²) in [5, 5.41) is 3.06. The molecule has 0 unspecified atom stereocenters. The Bertz CT molecular complexity index is 255. The summed E-state index contributed by atoms with van der Waals surface area (Å²) in [6.45, 7) is 7.33. The second kappa shape index (κ2) is 7.13. The highest BCUT2D eigenvalue weighted by atomic mass is 16.1. The Kier molecular flexibility index (Phi) is 6.13. The molecule has 1 amide bonds. The van der Waals surface area contributed by atoms with Gasteiger partial charge in [0.05, 0.1) is 0 Å². The molecule has 3 N–H and O–H groups in total. The summed E-state index contributed by atoms with van der Waals surface area (Å²) >= 11 is 0. The molecular formula is C15H30N2O. The van der Waals surface area contributed by atoms with Gasteiger partial charge >= 0.3 is 0 Å². The van der Waals surface area contributed by atoms with Crippen LogP contribution in [0.1, 0.15) is 65.7 Å². The first-order valence-corrected chi connectivity index (χ1v) is 7.45. The Morgan fingerprint density at radius 3 is 2.44 bits per heavy atom. The number of nitrogens with one attached hydrogen (secondary N) is 1. The van der Waals surface area contributed by atoms with E-state index in [0.717, 1.165) is 38.1 Å². The number of hydrogen-bond donors (Lipinski definition) is 2. The van der Waals surface area contributed by atoms with Crippen molar-refractivity contribution in [3.05, 3.63) is 0 Å². The van der Waals surface area contributed by atoms with Crippen LogP contribution in [0.15, 0.2) is 0 Å². The molecule has 18 heavy (non-hydrogen) atoms. The van der Waals surface area contributed by atoms with Crippen molar-refractivity contribution in [1.82, 2.24) is 5.32 Å². The molecule has 0 heterocycles. The normalized spacial score (nSPS) is 24.9. The standard InChI is InChI=1S/C15H30N2O/c1-4-15(2,3)11-17-14(18)10-7-12-5-8-13(16)9-6-12/h12-13H,4-11,16H2,1-3H3,(H,17,18). The van der Waals surface area contributed by atoms with Crippen molar-refractivity contribution in [1.29, 1.82) is 0 Å². The Labute approximate surface area is 112 Å². The number of nitrogens with two attached hydrogens (primary N) is 1. The molecule has 0 saturated heterocycles. The summed E-state index contributed by atoms with van der Waals surface area (Å²) in [7, 11) is 0. The first kappa shape index (κ1) is 15.5. The summed E-state index contributed by atoms with van der Waals surface area (Å²) in [5.74, 6) is 0.932. The highest BCUT2D eigenvalue weighted by Crippen LogP contribution is 2.26. The number of hydrogen-bond acceptors (Lipinski definition) is 2. The molecule has 0 atom stereocenters. The fraction of sp³-hybridized carbons (Fsp3) is 0.933. The SMILES string of the molecule is CCC(C)(C)CNC(=O)CCC1CCC(N)CC1. The molecule has 0 aromatic heterocycles. The van der Waals surface area contributed by atoms with Gasteiger partial charge in [0.25, 0.3) is 0 Å². The van der Waals surface area contributed by atoms with Crippen LogP contribution in [0.25, 0.3) is 0 Å². The summed E-state index contributed by atoms with van der Waals surface area (Å²) in [5.41, 5.74) is 6.10. The van der Waals surface area contributed by atoms with Gasteiger partial charge in [-0.25, -0.2) is 0 Å². The lowest BCUT2D eigenvalue weighted by atomic mass is 9.83. The van der Waals surface area contributed by atoms with Crippen LogP contribution in [-0.4, -0.2) is 18.5 Å². The second-order valence-electron chi connectivity index (χ2n) is 6.61. The maximum atomic E-state index is 11.8. The topological polar surface area (TPSA) is 55.1 Å². The van der Waals surface area contributed by atoms with Crippen molar-refractivity contribution >= 4 is 5.91 Å². The van der Waals surface area contributed by atoms with Gasteiger partial charge in [0.1, 0.15) is 0 Å². The van der Waals surface area contributed by atoms with Crippen LogP contribution < -0.4 is 11.1 Å². The predicted molar refractivity (Wildman–Crippen MR) is 76.2 cm³/mol. The van der Waals surface area contributed by atoms with Gasteiger partial charge < -0.3 is 11.1 Å². The highest BCUT2D eigenvalue weighted by molar-refractivity contribution is 5.75. The summed E-state index contributed by atoms with van der Waals surface area (Å²) in [6.07, 6.45) is 7.48. The molecule has 1 rings (SSSR count). The summed E-state index contributed by atoms with van der Waals surface area (Å²) in [6, 6.07) is 0.403. The molecule has 1 saturated carbocycles. The fourth-order valence-electron chi connectivity index (χ4n) is 2.36. The zero-order chi connectivity index (χ0) is 13.6. The van der Waals surface area contributed by atoms with E-state index in [9.17, 15) is 4.79 Å². The monoisotopic (exact) mass is 254 g/mol. The van der Waals surface area contributed by atoms with Gasteiger partial charge in [0.15, 0.2) is 0 Å². The van der Waals surface area contributed by atoms with Crippen LogP contribution >= 0.6 is 0 Å². The molecule has 0 radical (unpaired) electrons. The Morgan fingerprint density at radius 1 is 1.28 bits per heavy atom. The molecule has 3 nitrogen and oxygen atoms in total. The molecule has 106 valence electrons. The minimum absolute atomic E-state index is 0.214. The van der Waals surface area contributed by atoms with Crippen LogP contribution in [0.4, 0.5) is 0 Å². The number of carbonyl (C=O) groups excluding carboxylic acids is 1. The molecule has 1 fully saturated rings. The van der Waals surface area contributed by atoms with Crippen LogP contribution in [-0.2, 0) is 4.79 Å². The van der Waals surface area contributed by atoms with Gasteiger partial charge in [-0.2, -0.15) is 0 Å². The lowest BCUT2D eigenvalue weighted by molar-refractivity contribution is -0.121. The largest absolute Gasteiger partial charge is 0.356 e. The first-order valence-electron chi connectivity index (χ1n) is 7.45. The third kappa shape index (κ3) is 5.85. The van der Waals surface area contributed by atoms with E-state index in [4.69, 9.17) is 5.73 Å². The zero-order valence-corrected chi connectivity index (χ0v) is 12.3. The Morgan fingerprint density at radius 2 is 1.89 bits per heavy atom. The van der Waals surface area contributed by atoms with Gasteiger partial charge in [-0.1, -0.05) is 20.8 Å². The van der Waals surface area contributed by atoms with E-state index in [1.807, 2.05) is 0 Å². The Balaban J connectivity index is 2.13. The van der Waals surface area contributed by atoms with E-state index in [1.54, 1.807) is 0 Å². The predicted octanol–water partition coefficient (Wildman–Crippen LogP) is 2.84. The highest BCUT2D eigenvalue weighted by Gasteiger charge is 2.20. The van der Waals surface area contributed by atoms with E-state index in [-0.39, 0.29) is 11.3 Å². The third-order valence-electron chi connectivity index (χ3n) is 4.39. The van der Waals surface area contributed by atoms with E-state index in [2.05, 4.69) is 26.1 Å². The van der Waals surface area contributed by atoms with Gasteiger partial charge in [0, 0.05) is 19.0 Å². The number of carbonyl (C=O) groups is 1. The zero-order valence-electron chi connectivity index (χ0n) is 12.3.